The molecule has 1 N–H and O–H groups in total. The molecule has 0 saturated heterocycles. The first kappa shape index (κ1) is 12.2. The number of hydrogen-bond acceptors (Lipinski definition) is 2. The van der Waals surface area contributed by atoms with Crippen LogP contribution in [0.15, 0.2) is 0 Å². The molecule has 0 aromatic carbocycles. The topological polar surface area (TPSA) is 37.3 Å². The van der Waals surface area contributed by atoms with E-state index >= 15 is 0 Å². The molecule has 14 heavy (non-hydrogen) atoms. The molecule has 0 radical (unpaired) electrons. The van der Waals surface area contributed by atoms with Crippen LogP contribution in [0.25, 0.3) is 0 Å². The van der Waals surface area contributed by atoms with Gasteiger partial charge in [-0.25, -0.2) is 0 Å². The number of thioether (sulfide) groups is 1. The Hall–Kier alpha value is 0.110. The van der Waals surface area contributed by atoms with Gasteiger partial charge in [0.2, 0.25) is 0 Å². The molecule has 1 fully saturated rings. The predicted molar refractivity (Wildman–Crippen MR) is 61.2 cm³/mol. The SMILES string of the molecule is CC1CCCC(SCC(Cl)C(=O)O)C1. The fourth-order valence-electron chi connectivity index (χ4n) is 1.82. The minimum absolute atomic E-state index is 0.536. The van der Waals surface area contributed by atoms with Crippen molar-refractivity contribution in [1.29, 1.82) is 0 Å². The van der Waals surface area contributed by atoms with E-state index in [1.807, 2.05) is 0 Å². The van der Waals surface area contributed by atoms with Gasteiger partial charge in [-0.1, -0.05) is 19.8 Å². The van der Waals surface area contributed by atoms with Gasteiger partial charge in [-0.15, -0.1) is 11.6 Å². The Bertz CT molecular complexity index is 199. The smallest absolute Gasteiger partial charge is 0.322 e. The number of rotatable bonds is 4. The van der Waals surface area contributed by atoms with Crippen molar-refractivity contribution in [2.75, 3.05) is 5.75 Å². The highest BCUT2D eigenvalue weighted by molar-refractivity contribution is 8.00. The Balaban J connectivity index is 2.20. The summed E-state index contributed by atoms with van der Waals surface area (Å²) >= 11 is 7.38. The summed E-state index contributed by atoms with van der Waals surface area (Å²) in [4.78, 5) is 10.5. The van der Waals surface area contributed by atoms with Crippen molar-refractivity contribution in [1.82, 2.24) is 0 Å². The molecule has 1 rings (SSSR count). The Labute approximate surface area is 94.4 Å². The van der Waals surface area contributed by atoms with Gasteiger partial charge in [0.05, 0.1) is 0 Å². The van der Waals surface area contributed by atoms with Gasteiger partial charge in [-0.3, -0.25) is 4.79 Å². The second-order valence-electron chi connectivity index (χ2n) is 4.03. The van der Waals surface area contributed by atoms with Crippen LogP contribution in [0.2, 0.25) is 0 Å². The molecule has 4 heteroatoms. The molecular formula is C10H17ClO2S. The van der Waals surface area contributed by atoms with Gasteiger partial charge in [0.25, 0.3) is 0 Å². The van der Waals surface area contributed by atoms with E-state index in [1.165, 1.54) is 25.7 Å². The first-order chi connectivity index (χ1) is 6.59. The van der Waals surface area contributed by atoms with E-state index in [1.54, 1.807) is 11.8 Å². The van der Waals surface area contributed by atoms with Crippen molar-refractivity contribution >= 4 is 29.3 Å². The van der Waals surface area contributed by atoms with Gasteiger partial charge in [0.1, 0.15) is 5.38 Å². The quantitative estimate of drug-likeness (QED) is 0.763. The monoisotopic (exact) mass is 236 g/mol. The van der Waals surface area contributed by atoms with Crippen LogP contribution in [0.4, 0.5) is 0 Å². The first-order valence-corrected chi connectivity index (χ1v) is 6.56. The molecule has 82 valence electrons. The summed E-state index contributed by atoms with van der Waals surface area (Å²) in [6, 6.07) is 0. The van der Waals surface area contributed by atoms with Crippen LogP contribution in [0.5, 0.6) is 0 Å². The summed E-state index contributed by atoms with van der Waals surface area (Å²) in [6.07, 6.45) is 5.03. The Morgan fingerprint density at radius 1 is 1.64 bits per heavy atom. The fourth-order valence-corrected chi connectivity index (χ4v) is 3.42. The van der Waals surface area contributed by atoms with Crippen LogP contribution in [0.1, 0.15) is 32.6 Å². The normalized spacial score (nSPS) is 29.9. The lowest BCUT2D eigenvalue weighted by Gasteiger charge is -2.26. The van der Waals surface area contributed by atoms with Gasteiger partial charge in [-0.05, 0) is 18.8 Å². The van der Waals surface area contributed by atoms with E-state index < -0.39 is 11.3 Å². The average molecular weight is 237 g/mol. The van der Waals surface area contributed by atoms with Gasteiger partial charge >= 0.3 is 5.97 Å². The molecule has 1 saturated carbocycles. The second-order valence-corrected chi connectivity index (χ2v) is 5.89. The molecular weight excluding hydrogens is 220 g/mol. The second kappa shape index (κ2) is 5.86. The van der Waals surface area contributed by atoms with E-state index in [-0.39, 0.29) is 0 Å². The molecule has 0 bridgehead atoms. The lowest BCUT2D eigenvalue weighted by molar-refractivity contribution is -0.136. The van der Waals surface area contributed by atoms with E-state index in [0.29, 0.717) is 11.0 Å². The highest BCUT2D eigenvalue weighted by Gasteiger charge is 2.21. The van der Waals surface area contributed by atoms with Gasteiger partial charge in [-0.2, -0.15) is 11.8 Å². The zero-order valence-corrected chi connectivity index (χ0v) is 9.98. The predicted octanol–water partition coefficient (Wildman–Crippen LogP) is 2.99. The number of carboxylic acids is 1. The molecule has 0 aliphatic heterocycles. The molecule has 0 aromatic rings. The molecule has 0 aromatic heterocycles. The third-order valence-electron chi connectivity index (χ3n) is 2.63. The van der Waals surface area contributed by atoms with Crippen LogP contribution in [-0.2, 0) is 4.79 Å². The number of carboxylic acid groups (broad SMARTS) is 1. The third kappa shape index (κ3) is 4.09. The van der Waals surface area contributed by atoms with Crippen molar-refractivity contribution in [2.45, 2.75) is 43.2 Å². The van der Waals surface area contributed by atoms with E-state index in [2.05, 4.69) is 6.92 Å². The standard InChI is InChI=1S/C10H17ClO2S/c1-7-3-2-4-8(5-7)14-6-9(11)10(12)13/h7-9H,2-6H2,1H3,(H,12,13). The van der Waals surface area contributed by atoms with Crippen LogP contribution in [0.3, 0.4) is 0 Å². The van der Waals surface area contributed by atoms with E-state index in [4.69, 9.17) is 16.7 Å². The minimum Gasteiger partial charge on any atom is -0.480 e. The molecule has 1 aliphatic carbocycles. The van der Waals surface area contributed by atoms with Crippen molar-refractivity contribution in [2.24, 2.45) is 5.92 Å². The largest absolute Gasteiger partial charge is 0.480 e. The molecule has 1 aliphatic rings. The van der Waals surface area contributed by atoms with Gasteiger partial charge < -0.3 is 5.11 Å². The zero-order chi connectivity index (χ0) is 10.6. The minimum atomic E-state index is -0.900. The number of carbonyl (C=O) groups is 1. The summed E-state index contributed by atoms with van der Waals surface area (Å²) in [6.45, 7) is 2.27. The Morgan fingerprint density at radius 3 is 2.93 bits per heavy atom. The fraction of sp³-hybridized carbons (Fsp3) is 0.900. The Morgan fingerprint density at radius 2 is 2.36 bits per heavy atom. The molecule has 3 unspecified atom stereocenters. The molecule has 0 amide bonds. The van der Waals surface area contributed by atoms with Gasteiger partial charge in [0.15, 0.2) is 0 Å². The van der Waals surface area contributed by atoms with Crippen LogP contribution in [-0.4, -0.2) is 27.5 Å². The maximum atomic E-state index is 10.5. The van der Waals surface area contributed by atoms with Crippen LogP contribution in [0, 0.1) is 5.92 Å². The number of halogens is 1. The lowest BCUT2D eigenvalue weighted by Crippen LogP contribution is -2.20. The highest BCUT2D eigenvalue weighted by Crippen LogP contribution is 2.32. The van der Waals surface area contributed by atoms with Crippen molar-refractivity contribution in [3.63, 3.8) is 0 Å². The summed E-state index contributed by atoms with van der Waals surface area (Å²) < 4.78 is 0. The number of hydrogen-bond donors (Lipinski definition) is 1. The van der Waals surface area contributed by atoms with Crippen molar-refractivity contribution in [3.8, 4) is 0 Å². The van der Waals surface area contributed by atoms with Crippen LogP contribution >= 0.6 is 23.4 Å². The molecule has 2 nitrogen and oxygen atoms in total. The first-order valence-electron chi connectivity index (χ1n) is 5.08. The zero-order valence-electron chi connectivity index (χ0n) is 8.41. The summed E-state index contributed by atoms with van der Waals surface area (Å²) in [7, 11) is 0. The molecule has 3 atom stereocenters. The number of aliphatic carboxylic acids is 1. The Kier molecular flexibility index (Phi) is 5.10. The van der Waals surface area contributed by atoms with Gasteiger partial charge in [0, 0.05) is 11.0 Å². The van der Waals surface area contributed by atoms with Crippen molar-refractivity contribution in [3.05, 3.63) is 0 Å². The summed E-state index contributed by atoms with van der Waals surface area (Å²) in [5.41, 5.74) is 0. The molecule has 0 heterocycles. The highest BCUT2D eigenvalue weighted by atomic mass is 35.5. The lowest BCUT2D eigenvalue weighted by atomic mass is 9.91. The van der Waals surface area contributed by atoms with Crippen molar-refractivity contribution < 1.29 is 9.90 Å². The van der Waals surface area contributed by atoms with E-state index in [0.717, 1.165) is 5.92 Å². The molecule has 0 spiro atoms. The maximum absolute atomic E-state index is 10.5. The third-order valence-corrected chi connectivity index (χ3v) is 4.58. The maximum Gasteiger partial charge on any atom is 0.322 e. The summed E-state index contributed by atoms with van der Waals surface area (Å²) in [5.74, 6) is 0.428. The number of alkyl halides is 1. The average Bonchev–Trinajstić information content (AvgIpc) is 2.14. The summed E-state index contributed by atoms with van der Waals surface area (Å²) in [5, 5.41) is 8.52. The van der Waals surface area contributed by atoms with E-state index in [9.17, 15) is 4.79 Å². The van der Waals surface area contributed by atoms with Crippen LogP contribution < -0.4 is 0 Å².